The zero-order valence-electron chi connectivity index (χ0n) is 15.4. The number of piperidine rings is 1. The van der Waals surface area contributed by atoms with Gasteiger partial charge < -0.3 is 15.5 Å². The molecule has 1 aromatic rings. The van der Waals surface area contributed by atoms with Crippen molar-refractivity contribution in [2.24, 2.45) is 5.92 Å². The molecule has 1 aromatic carbocycles. The average molecular weight is 400 g/mol. The lowest BCUT2D eigenvalue weighted by Gasteiger charge is -2.29. The lowest BCUT2D eigenvalue weighted by atomic mass is 9.89. The van der Waals surface area contributed by atoms with Crippen LogP contribution in [0.5, 0.6) is 0 Å². The summed E-state index contributed by atoms with van der Waals surface area (Å²) in [6.07, 6.45) is 6.79. The van der Waals surface area contributed by atoms with Gasteiger partial charge in [0.25, 0.3) is 0 Å². The lowest BCUT2D eigenvalue weighted by Crippen LogP contribution is -2.41. The van der Waals surface area contributed by atoms with Crippen LogP contribution in [0.3, 0.4) is 0 Å². The second kappa shape index (κ2) is 9.29. The van der Waals surface area contributed by atoms with Crippen LogP contribution in [0.2, 0.25) is 0 Å². The maximum Gasteiger partial charge on any atom is 0.220 e. The molecular weight excluding hydrogens is 369 g/mol. The molecule has 4 rings (SSSR count). The fourth-order valence-electron chi connectivity index (χ4n) is 4.96. The molecule has 3 aliphatic heterocycles. The molecule has 26 heavy (non-hydrogen) atoms. The van der Waals surface area contributed by atoms with Crippen molar-refractivity contribution in [2.45, 2.75) is 63.6 Å². The maximum absolute atomic E-state index is 12.3. The van der Waals surface area contributed by atoms with Crippen molar-refractivity contribution >= 4 is 36.4 Å². The van der Waals surface area contributed by atoms with Crippen LogP contribution in [0, 0.1) is 5.92 Å². The maximum atomic E-state index is 12.3. The van der Waals surface area contributed by atoms with E-state index >= 15 is 0 Å². The third-order valence-electron chi connectivity index (χ3n) is 6.07. The van der Waals surface area contributed by atoms with Crippen molar-refractivity contribution < 1.29 is 4.79 Å². The quantitative estimate of drug-likeness (QED) is 0.797. The SMILES string of the molecule is CC1Cc2ccccc2N1CCNC(=O)CC1CC2CCC(C1)N2.Cl.Cl. The number of halogens is 2. The Morgan fingerprint density at radius 1 is 1.19 bits per heavy atom. The van der Waals surface area contributed by atoms with E-state index in [1.165, 1.54) is 36.9 Å². The van der Waals surface area contributed by atoms with Crippen LogP contribution >= 0.6 is 24.8 Å². The van der Waals surface area contributed by atoms with Crippen molar-refractivity contribution in [3.05, 3.63) is 29.8 Å². The summed E-state index contributed by atoms with van der Waals surface area (Å²) >= 11 is 0. The lowest BCUT2D eigenvalue weighted by molar-refractivity contribution is -0.122. The van der Waals surface area contributed by atoms with E-state index in [-0.39, 0.29) is 30.7 Å². The number of hydrogen-bond acceptors (Lipinski definition) is 3. The number of fused-ring (bicyclic) bond motifs is 3. The topological polar surface area (TPSA) is 44.4 Å². The number of anilines is 1. The number of amides is 1. The zero-order valence-corrected chi connectivity index (χ0v) is 17.1. The highest BCUT2D eigenvalue weighted by Gasteiger charge is 2.34. The minimum Gasteiger partial charge on any atom is -0.367 e. The first-order valence-corrected chi connectivity index (χ1v) is 9.56. The van der Waals surface area contributed by atoms with E-state index in [1.54, 1.807) is 0 Å². The monoisotopic (exact) mass is 399 g/mol. The van der Waals surface area contributed by atoms with Crippen LogP contribution in [0.1, 0.15) is 44.6 Å². The van der Waals surface area contributed by atoms with E-state index in [1.807, 2.05) is 0 Å². The summed E-state index contributed by atoms with van der Waals surface area (Å²) in [5.74, 6) is 0.816. The highest BCUT2D eigenvalue weighted by Crippen LogP contribution is 2.33. The van der Waals surface area contributed by atoms with Crippen LogP contribution in [0.15, 0.2) is 24.3 Å². The second-order valence-corrected chi connectivity index (χ2v) is 7.90. The summed E-state index contributed by atoms with van der Waals surface area (Å²) in [5, 5.41) is 6.81. The summed E-state index contributed by atoms with van der Waals surface area (Å²) in [7, 11) is 0. The fourth-order valence-corrected chi connectivity index (χ4v) is 4.96. The molecule has 4 nitrogen and oxygen atoms in total. The van der Waals surface area contributed by atoms with Crippen molar-refractivity contribution in [3.8, 4) is 0 Å². The van der Waals surface area contributed by atoms with Crippen molar-refractivity contribution in [1.82, 2.24) is 10.6 Å². The van der Waals surface area contributed by atoms with Gasteiger partial charge >= 0.3 is 0 Å². The van der Waals surface area contributed by atoms with E-state index in [4.69, 9.17) is 0 Å². The third-order valence-corrected chi connectivity index (χ3v) is 6.07. The van der Waals surface area contributed by atoms with Crippen LogP contribution in [0.25, 0.3) is 0 Å². The second-order valence-electron chi connectivity index (χ2n) is 7.90. The molecule has 3 unspecified atom stereocenters. The predicted molar refractivity (Wildman–Crippen MR) is 112 cm³/mol. The zero-order chi connectivity index (χ0) is 16.5. The number of hydrogen-bond donors (Lipinski definition) is 2. The van der Waals surface area contributed by atoms with Gasteiger partial charge in [0.1, 0.15) is 0 Å². The molecule has 2 saturated heterocycles. The molecule has 3 atom stereocenters. The number of carbonyl (C=O) groups excluding carboxylic acids is 1. The highest BCUT2D eigenvalue weighted by atomic mass is 35.5. The molecule has 3 heterocycles. The molecule has 2 bridgehead atoms. The van der Waals surface area contributed by atoms with Gasteiger partial charge in [-0.05, 0) is 56.6 Å². The first-order valence-electron chi connectivity index (χ1n) is 9.56. The number of carbonyl (C=O) groups is 1. The minimum absolute atomic E-state index is 0. The summed E-state index contributed by atoms with van der Waals surface area (Å²) in [6, 6.07) is 10.5. The number of nitrogens with one attached hydrogen (secondary N) is 2. The Labute approximate surface area is 169 Å². The Bertz CT molecular complexity index is 600. The van der Waals surface area contributed by atoms with Crippen LogP contribution < -0.4 is 15.5 Å². The molecule has 3 aliphatic rings. The summed E-state index contributed by atoms with van der Waals surface area (Å²) < 4.78 is 0. The van der Waals surface area contributed by atoms with Gasteiger partial charge in [0.05, 0.1) is 0 Å². The van der Waals surface area contributed by atoms with Gasteiger partial charge in [0.2, 0.25) is 5.91 Å². The van der Waals surface area contributed by atoms with Gasteiger partial charge in [0.15, 0.2) is 0 Å². The van der Waals surface area contributed by atoms with Crippen LogP contribution in [0.4, 0.5) is 5.69 Å². The van der Waals surface area contributed by atoms with Crippen LogP contribution in [-0.2, 0) is 11.2 Å². The van der Waals surface area contributed by atoms with Gasteiger partial charge in [-0.1, -0.05) is 18.2 Å². The van der Waals surface area contributed by atoms with Crippen molar-refractivity contribution in [3.63, 3.8) is 0 Å². The molecule has 2 fully saturated rings. The van der Waals surface area contributed by atoms with Crippen molar-refractivity contribution in [1.29, 1.82) is 0 Å². The Hall–Kier alpha value is -0.970. The standard InChI is InChI=1S/C20H29N3O.2ClH/c1-14-10-16-4-2-3-5-19(16)23(14)9-8-21-20(24)13-15-11-17-6-7-18(12-15)22-17;;/h2-5,14-15,17-18,22H,6-13H2,1H3,(H,21,24);2*1H. The van der Waals surface area contributed by atoms with Gasteiger partial charge in [0, 0.05) is 43.3 Å². The predicted octanol–water partition coefficient (Wildman–Crippen LogP) is 3.32. The molecular formula is C20H31Cl2N3O. The first kappa shape index (κ1) is 21.3. The fraction of sp³-hybridized carbons (Fsp3) is 0.650. The number of nitrogens with zero attached hydrogens (tertiary/aromatic N) is 1. The molecule has 146 valence electrons. The van der Waals surface area contributed by atoms with E-state index in [9.17, 15) is 4.79 Å². The van der Waals surface area contributed by atoms with E-state index < -0.39 is 0 Å². The largest absolute Gasteiger partial charge is 0.367 e. The molecule has 2 N–H and O–H groups in total. The molecule has 0 aliphatic carbocycles. The normalized spacial score (nSPS) is 28.7. The molecule has 0 radical (unpaired) electrons. The Morgan fingerprint density at radius 3 is 2.62 bits per heavy atom. The minimum atomic E-state index is 0. The van der Waals surface area contributed by atoms with E-state index in [0.29, 0.717) is 30.5 Å². The van der Waals surface area contributed by atoms with Gasteiger partial charge in [-0.15, -0.1) is 24.8 Å². The molecule has 0 aromatic heterocycles. The molecule has 0 saturated carbocycles. The number of benzene rings is 1. The summed E-state index contributed by atoms with van der Waals surface area (Å²) in [5.41, 5.74) is 2.77. The Kier molecular flexibility index (Phi) is 7.63. The van der Waals surface area contributed by atoms with E-state index in [0.717, 1.165) is 19.5 Å². The average Bonchev–Trinajstić information content (AvgIpc) is 3.07. The van der Waals surface area contributed by atoms with Gasteiger partial charge in [-0.2, -0.15) is 0 Å². The third kappa shape index (κ3) is 4.65. The molecule has 0 spiro atoms. The highest BCUT2D eigenvalue weighted by molar-refractivity contribution is 5.85. The smallest absolute Gasteiger partial charge is 0.220 e. The van der Waals surface area contributed by atoms with Gasteiger partial charge in [-0.3, -0.25) is 4.79 Å². The summed E-state index contributed by atoms with van der Waals surface area (Å²) in [4.78, 5) is 14.7. The first-order chi connectivity index (χ1) is 11.7. The van der Waals surface area contributed by atoms with E-state index in [2.05, 4.69) is 46.7 Å². The Balaban J connectivity index is 0.00000121. The van der Waals surface area contributed by atoms with Gasteiger partial charge in [-0.25, -0.2) is 0 Å². The van der Waals surface area contributed by atoms with Crippen LogP contribution in [-0.4, -0.2) is 37.1 Å². The number of rotatable bonds is 5. The summed E-state index contributed by atoms with van der Waals surface area (Å²) in [6.45, 7) is 3.92. The Morgan fingerprint density at radius 2 is 1.88 bits per heavy atom. The number of para-hydroxylation sites is 1. The molecule has 6 heteroatoms. The van der Waals surface area contributed by atoms with Crippen molar-refractivity contribution in [2.75, 3.05) is 18.0 Å². The molecule has 1 amide bonds.